The fourth-order valence-electron chi connectivity index (χ4n) is 5.26. The van der Waals surface area contributed by atoms with Crippen molar-refractivity contribution in [2.24, 2.45) is 0 Å². The molecule has 0 spiro atoms. The lowest BCUT2D eigenvalue weighted by molar-refractivity contribution is -0.132. The average Bonchev–Trinajstić information content (AvgIpc) is 3.42. The van der Waals surface area contributed by atoms with Crippen molar-refractivity contribution in [3.8, 4) is 16.3 Å². The zero-order valence-electron chi connectivity index (χ0n) is 20.6. The largest absolute Gasteiger partial charge is 0.503 e. The van der Waals surface area contributed by atoms with E-state index in [-0.39, 0.29) is 17.4 Å². The monoisotopic (exact) mass is 502 g/mol. The first-order valence-electron chi connectivity index (χ1n) is 12.6. The molecule has 1 saturated carbocycles. The highest BCUT2D eigenvalue weighted by atomic mass is 32.1. The number of hydrogen-bond donors (Lipinski definition) is 1. The number of carbonyl (C=O) groups excluding carboxylic acids is 2. The van der Waals surface area contributed by atoms with Crippen LogP contribution in [0.15, 0.2) is 65.9 Å². The Morgan fingerprint density at radius 2 is 1.78 bits per heavy atom. The number of aromatic nitrogens is 1. The van der Waals surface area contributed by atoms with Crippen molar-refractivity contribution in [3.05, 3.63) is 82.1 Å². The molecule has 1 atom stereocenters. The van der Waals surface area contributed by atoms with Crippen molar-refractivity contribution >= 4 is 23.0 Å². The summed E-state index contributed by atoms with van der Waals surface area (Å²) in [6, 6.07) is 16.5. The van der Waals surface area contributed by atoms with Crippen LogP contribution in [0.5, 0.6) is 5.75 Å². The third-order valence-electron chi connectivity index (χ3n) is 6.99. The highest BCUT2D eigenvalue weighted by Crippen LogP contribution is 2.44. The molecule has 2 aliphatic rings. The second-order valence-corrected chi connectivity index (χ2v) is 10.3. The Bertz CT molecular complexity index is 1290. The summed E-state index contributed by atoms with van der Waals surface area (Å²) in [6.07, 6.45) is 4.93. The van der Waals surface area contributed by atoms with E-state index in [0.717, 1.165) is 54.0 Å². The molecule has 2 heterocycles. The van der Waals surface area contributed by atoms with Crippen molar-refractivity contribution in [1.82, 2.24) is 9.88 Å². The van der Waals surface area contributed by atoms with Crippen molar-refractivity contribution in [2.45, 2.75) is 58.0 Å². The predicted molar refractivity (Wildman–Crippen MR) is 140 cm³/mol. The van der Waals surface area contributed by atoms with Gasteiger partial charge in [-0.15, -0.1) is 11.3 Å². The number of nitrogens with zero attached hydrogens (tertiary/aromatic N) is 2. The minimum absolute atomic E-state index is 0.0160. The topological polar surface area (TPSA) is 79.7 Å². The number of thiazole rings is 1. The second kappa shape index (κ2) is 10.3. The molecule has 1 aliphatic heterocycles. The fourth-order valence-corrected chi connectivity index (χ4v) is 6.29. The lowest BCUT2D eigenvalue weighted by Crippen LogP contribution is -2.41. The smallest absolute Gasteiger partial charge is 0.290 e. The van der Waals surface area contributed by atoms with Gasteiger partial charge in [-0.1, -0.05) is 61.7 Å². The summed E-state index contributed by atoms with van der Waals surface area (Å²) in [4.78, 5) is 34.3. The fraction of sp³-hybridized carbons (Fsp3) is 0.345. The average molecular weight is 503 g/mol. The molecule has 7 heteroatoms. The maximum Gasteiger partial charge on any atom is 0.290 e. The van der Waals surface area contributed by atoms with Gasteiger partial charge >= 0.3 is 0 Å². The summed E-state index contributed by atoms with van der Waals surface area (Å²) in [6.45, 7) is 4.27. The molecule has 186 valence electrons. The molecular weight excluding hydrogens is 472 g/mol. The molecule has 0 bridgehead atoms. The Balaban J connectivity index is 1.56. The van der Waals surface area contributed by atoms with Crippen molar-refractivity contribution in [2.75, 3.05) is 6.61 Å². The van der Waals surface area contributed by atoms with Gasteiger partial charge in [0.05, 0.1) is 28.8 Å². The maximum absolute atomic E-state index is 14.0. The lowest BCUT2D eigenvalue weighted by atomic mass is 9.90. The number of benzene rings is 2. The van der Waals surface area contributed by atoms with Crippen LogP contribution < -0.4 is 4.74 Å². The van der Waals surface area contributed by atoms with Gasteiger partial charge in [0.15, 0.2) is 5.76 Å². The van der Waals surface area contributed by atoms with E-state index in [1.54, 1.807) is 11.8 Å². The molecule has 1 aliphatic carbocycles. The molecule has 0 saturated heterocycles. The maximum atomic E-state index is 14.0. The van der Waals surface area contributed by atoms with Gasteiger partial charge in [-0.2, -0.15) is 0 Å². The number of amides is 1. The number of carbonyl (C=O) groups is 2. The summed E-state index contributed by atoms with van der Waals surface area (Å²) in [5, 5.41) is 11.8. The Hall–Kier alpha value is -3.45. The first-order valence-corrected chi connectivity index (χ1v) is 13.4. The van der Waals surface area contributed by atoms with E-state index in [9.17, 15) is 14.7 Å². The van der Waals surface area contributed by atoms with Crippen LogP contribution in [-0.2, 0) is 4.79 Å². The Morgan fingerprint density at radius 1 is 1.08 bits per heavy atom. The van der Waals surface area contributed by atoms with E-state index >= 15 is 0 Å². The van der Waals surface area contributed by atoms with Gasteiger partial charge in [0.1, 0.15) is 10.8 Å². The molecule has 6 nitrogen and oxygen atoms in total. The van der Waals surface area contributed by atoms with Gasteiger partial charge in [-0.25, -0.2) is 4.98 Å². The summed E-state index contributed by atoms with van der Waals surface area (Å²) in [7, 11) is 0. The van der Waals surface area contributed by atoms with Crippen LogP contribution in [0.25, 0.3) is 10.6 Å². The van der Waals surface area contributed by atoms with Crippen LogP contribution in [0.1, 0.15) is 66.0 Å². The van der Waals surface area contributed by atoms with Gasteiger partial charge in [-0.3, -0.25) is 9.59 Å². The van der Waals surface area contributed by atoms with Crippen LogP contribution in [0, 0.1) is 6.92 Å². The Labute approximate surface area is 215 Å². The van der Waals surface area contributed by atoms with E-state index in [4.69, 9.17) is 4.74 Å². The SMILES string of the molecule is CCOc1ccc(C2C(C(=O)c3sc(-c4ccccc4)nc3C)=C(O)C(=O)N2C2CCCCC2)cc1. The minimum atomic E-state index is -0.648. The predicted octanol–water partition coefficient (Wildman–Crippen LogP) is 6.43. The zero-order valence-corrected chi connectivity index (χ0v) is 21.4. The number of ether oxygens (including phenoxy) is 1. The number of rotatable bonds is 7. The summed E-state index contributed by atoms with van der Waals surface area (Å²) < 4.78 is 5.60. The normalized spacial score (nSPS) is 18.7. The highest BCUT2D eigenvalue weighted by Gasteiger charge is 2.47. The number of aryl methyl sites for hydroxylation is 1. The van der Waals surface area contributed by atoms with Crippen LogP contribution in [0.2, 0.25) is 0 Å². The van der Waals surface area contributed by atoms with Crippen LogP contribution >= 0.6 is 11.3 Å². The van der Waals surface area contributed by atoms with E-state index in [1.165, 1.54) is 11.3 Å². The first-order chi connectivity index (χ1) is 17.5. The number of ketones is 1. The number of hydrogen-bond acceptors (Lipinski definition) is 6. The molecule has 1 N–H and O–H groups in total. The Kier molecular flexibility index (Phi) is 6.92. The van der Waals surface area contributed by atoms with Gasteiger partial charge < -0.3 is 14.7 Å². The third kappa shape index (κ3) is 4.44. The quantitative estimate of drug-likeness (QED) is 0.377. The molecule has 5 rings (SSSR count). The van der Waals surface area contributed by atoms with E-state index in [1.807, 2.05) is 61.5 Å². The zero-order chi connectivity index (χ0) is 25.2. The highest BCUT2D eigenvalue weighted by molar-refractivity contribution is 7.17. The van der Waals surface area contributed by atoms with Crippen molar-refractivity contribution in [1.29, 1.82) is 0 Å². The van der Waals surface area contributed by atoms with Crippen molar-refractivity contribution in [3.63, 3.8) is 0 Å². The summed E-state index contributed by atoms with van der Waals surface area (Å²) in [5.41, 5.74) is 2.45. The second-order valence-electron chi connectivity index (χ2n) is 9.30. The Morgan fingerprint density at radius 3 is 2.44 bits per heavy atom. The first kappa shape index (κ1) is 24.3. The molecule has 1 aromatic heterocycles. The lowest BCUT2D eigenvalue weighted by Gasteiger charge is -2.36. The van der Waals surface area contributed by atoms with Gasteiger partial charge in [0.2, 0.25) is 5.78 Å². The summed E-state index contributed by atoms with van der Waals surface area (Å²) >= 11 is 1.30. The van der Waals surface area contributed by atoms with Crippen molar-refractivity contribution < 1.29 is 19.4 Å². The van der Waals surface area contributed by atoms with Crippen LogP contribution in [0.4, 0.5) is 0 Å². The number of aliphatic hydroxyl groups excluding tert-OH is 1. The molecule has 1 fully saturated rings. The van der Waals surface area contributed by atoms with Gasteiger partial charge in [-0.05, 0) is 44.4 Å². The molecule has 36 heavy (non-hydrogen) atoms. The number of Topliss-reactive ketones (excluding diaryl/α,β-unsaturated/α-hetero) is 1. The summed E-state index contributed by atoms with van der Waals surface area (Å²) in [5.74, 6) is -0.523. The van der Waals surface area contributed by atoms with E-state index in [2.05, 4.69) is 4.98 Å². The molecule has 2 aromatic carbocycles. The minimum Gasteiger partial charge on any atom is -0.503 e. The van der Waals surface area contributed by atoms with E-state index in [0.29, 0.717) is 17.2 Å². The van der Waals surface area contributed by atoms with Gasteiger partial charge in [0.25, 0.3) is 5.91 Å². The number of aliphatic hydroxyl groups is 1. The van der Waals surface area contributed by atoms with Gasteiger partial charge in [0, 0.05) is 11.6 Å². The van der Waals surface area contributed by atoms with E-state index < -0.39 is 17.7 Å². The molecule has 3 aromatic rings. The molecule has 0 radical (unpaired) electrons. The van der Waals surface area contributed by atoms with Crippen LogP contribution in [0.3, 0.4) is 0 Å². The standard InChI is InChI=1S/C29H30N2O4S/c1-3-35-22-16-14-19(15-17-22)24-23(26(33)29(34)31(24)21-12-8-5-9-13-21)25(32)27-18(2)30-28(36-27)20-10-6-4-7-11-20/h4,6-7,10-11,14-17,21,24,33H,3,5,8-9,12-13H2,1-2H3. The molecule has 1 unspecified atom stereocenters. The molecular formula is C29H30N2O4S. The molecule has 1 amide bonds. The van der Waals surface area contributed by atoms with Crippen LogP contribution in [-0.4, -0.2) is 39.3 Å². The third-order valence-corrected chi connectivity index (χ3v) is 8.19.